The highest BCUT2D eigenvalue weighted by Gasteiger charge is 2.22. The van der Waals surface area contributed by atoms with Gasteiger partial charge in [-0.15, -0.1) is 0 Å². The smallest absolute Gasteiger partial charge is 0.000524 e. The fourth-order valence-electron chi connectivity index (χ4n) is 2.35. The minimum atomic E-state index is 0.248. The van der Waals surface area contributed by atoms with E-state index >= 15 is 0 Å². The van der Waals surface area contributed by atoms with Crippen LogP contribution in [0.15, 0.2) is 24.3 Å². The third kappa shape index (κ3) is 4.13. The van der Waals surface area contributed by atoms with Gasteiger partial charge in [0, 0.05) is 6.54 Å². The number of benzene rings is 1. The quantitative estimate of drug-likeness (QED) is 0.823. The van der Waals surface area contributed by atoms with Crippen molar-refractivity contribution in [2.75, 3.05) is 13.6 Å². The topological polar surface area (TPSA) is 12.0 Å². The fourth-order valence-corrected chi connectivity index (χ4v) is 2.35. The molecule has 1 nitrogen and oxygen atoms in total. The predicted molar refractivity (Wildman–Crippen MR) is 81.2 cm³/mol. The maximum Gasteiger partial charge on any atom is 0.000524 e. The van der Waals surface area contributed by atoms with Crippen LogP contribution in [0.2, 0.25) is 0 Å². The molecule has 0 spiro atoms. The van der Waals surface area contributed by atoms with Gasteiger partial charge in [-0.05, 0) is 41.8 Å². The molecule has 0 bridgehead atoms. The van der Waals surface area contributed by atoms with Crippen LogP contribution in [-0.2, 0) is 11.8 Å². The van der Waals surface area contributed by atoms with Crippen LogP contribution in [0.1, 0.15) is 52.2 Å². The second-order valence-corrected chi connectivity index (χ2v) is 6.82. The van der Waals surface area contributed by atoms with Crippen molar-refractivity contribution >= 4 is 0 Å². The Morgan fingerprint density at radius 2 is 1.56 bits per heavy atom. The molecule has 1 rings (SSSR count). The summed E-state index contributed by atoms with van der Waals surface area (Å²) in [6.45, 7) is 12.5. The molecule has 1 heteroatoms. The van der Waals surface area contributed by atoms with Crippen molar-refractivity contribution in [1.82, 2.24) is 5.32 Å². The van der Waals surface area contributed by atoms with E-state index in [4.69, 9.17) is 0 Å². The van der Waals surface area contributed by atoms with Crippen LogP contribution in [0.3, 0.4) is 0 Å². The van der Waals surface area contributed by atoms with Gasteiger partial charge in [0.2, 0.25) is 0 Å². The molecule has 0 fully saturated rings. The second kappa shape index (κ2) is 5.88. The Morgan fingerprint density at radius 3 is 1.94 bits per heavy atom. The molecule has 0 saturated heterocycles. The lowest BCUT2D eigenvalue weighted by molar-refractivity contribution is 0.299. The van der Waals surface area contributed by atoms with Gasteiger partial charge in [0.25, 0.3) is 0 Å². The molecule has 1 unspecified atom stereocenters. The van der Waals surface area contributed by atoms with Crippen molar-refractivity contribution in [2.24, 2.45) is 5.41 Å². The summed E-state index contributed by atoms with van der Waals surface area (Å²) >= 11 is 0. The van der Waals surface area contributed by atoms with Crippen LogP contribution in [0.4, 0.5) is 0 Å². The third-order valence-electron chi connectivity index (χ3n) is 3.91. The van der Waals surface area contributed by atoms with Gasteiger partial charge in [-0.25, -0.2) is 0 Å². The molecular formula is C17H29N. The van der Waals surface area contributed by atoms with E-state index in [0.29, 0.717) is 5.41 Å². The Balaban J connectivity index is 2.80. The molecule has 0 aromatic heterocycles. The van der Waals surface area contributed by atoms with Crippen molar-refractivity contribution in [3.05, 3.63) is 35.4 Å². The van der Waals surface area contributed by atoms with E-state index in [1.54, 1.807) is 0 Å². The molecule has 0 aliphatic carbocycles. The molecular weight excluding hydrogens is 218 g/mol. The van der Waals surface area contributed by atoms with Gasteiger partial charge in [-0.1, -0.05) is 58.9 Å². The second-order valence-electron chi connectivity index (χ2n) is 6.82. The van der Waals surface area contributed by atoms with Gasteiger partial charge in [0.15, 0.2) is 0 Å². The number of nitrogens with one attached hydrogen (secondary N) is 1. The molecule has 1 aromatic carbocycles. The lowest BCUT2D eigenvalue weighted by Crippen LogP contribution is -2.31. The van der Waals surface area contributed by atoms with Crippen molar-refractivity contribution in [1.29, 1.82) is 0 Å². The van der Waals surface area contributed by atoms with E-state index in [0.717, 1.165) is 13.0 Å². The van der Waals surface area contributed by atoms with Gasteiger partial charge in [-0.2, -0.15) is 0 Å². The zero-order chi connectivity index (χ0) is 13.8. The summed E-state index contributed by atoms with van der Waals surface area (Å²) in [5.41, 5.74) is 3.47. The molecule has 0 aliphatic heterocycles. The number of hydrogen-bond acceptors (Lipinski definition) is 1. The first-order valence-electron chi connectivity index (χ1n) is 7.05. The van der Waals surface area contributed by atoms with Gasteiger partial charge in [0.05, 0.1) is 0 Å². The fraction of sp³-hybridized carbons (Fsp3) is 0.647. The first kappa shape index (κ1) is 15.2. The molecule has 1 atom stereocenters. The Kier molecular flexibility index (Phi) is 4.98. The Labute approximate surface area is 113 Å². The van der Waals surface area contributed by atoms with Crippen molar-refractivity contribution in [2.45, 2.75) is 52.9 Å². The summed E-state index contributed by atoms with van der Waals surface area (Å²) in [5, 5.41) is 3.32. The maximum absolute atomic E-state index is 3.32. The number of hydrogen-bond donors (Lipinski definition) is 1. The summed E-state index contributed by atoms with van der Waals surface area (Å²) in [6, 6.07) is 9.16. The molecule has 1 N–H and O–H groups in total. The summed E-state index contributed by atoms with van der Waals surface area (Å²) < 4.78 is 0. The van der Waals surface area contributed by atoms with Crippen LogP contribution in [-0.4, -0.2) is 13.6 Å². The van der Waals surface area contributed by atoms with Crippen LogP contribution < -0.4 is 5.32 Å². The van der Waals surface area contributed by atoms with E-state index < -0.39 is 0 Å². The number of rotatable bonds is 5. The van der Waals surface area contributed by atoms with E-state index in [1.165, 1.54) is 17.5 Å². The standard InChI is InChI=1S/C17H29N/c1-7-17(5,13-18-6)12-14-8-10-15(11-9-14)16(2,3)4/h8-11,18H,7,12-13H2,1-6H3. The van der Waals surface area contributed by atoms with Crippen molar-refractivity contribution in [3.63, 3.8) is 0 Å². The molecule has 0 saturated carbocycles. The molecule has 0 amide bonds. The molecule has 0 heterocycles. The normalized spacial score (nSPS) is 15.4. The van der Waals surface area contributed by atoms with Gasteiger partial charge in [-0.3, -0.25) is 0 Å². The van der Waals surface area contributed by atoms with E-state index in [9.17, 15) is 0 Å². The summed E-state index contributed by atoms with van der Waals surface area (Å²) in [6.07, 6.45) is 2.35. The molecule has 18 heavy (non-hydrogen) atoms. The average Bonchev–Trinajstić information content (AvgIpc) is 2.29. The predicted octanol–water partition coefficient (Wildman–Crippen LogP) is 4.16. The summed E-state index contributed by atoms with van der Waals surface area (Å²) in [4.78, 5) is 0. The van der Waals surface area contributed by atoms with Crippen LogP contribution >= 0.6 is 0 Å². The van der Waals surface area contributed by atoms with Gasteiger partial charge in [0.1, 0.15) is 0 Å². The lowest BCUT2D eigenvalue weighted by atomic mass is 9.80. The molecule has 0 aliphatic rings. The molecule has 102 valence electrons. The largest absolute Gasteiger partial charge is 0.319 e. The summed E-state index contributed by atoms with van der Waals surface area (Å²) in [5.74, 6) is 0. The first-order valence-corrected chi connectivity index (χ1v) is 7.05. The average molecular weight is 247 g/mol. The third-order valence-corrected chi connectivity index (χ3v) is 3.91. The monoisotopic (exact) mass is 247 g/mol. The van der Waals surface area contributed by atoms with Crippen molar-refractivity contribution < 1.29 is 0 Å². The van der Waals surface area contributed by atoms with Crippen LogP contribution in [0, 0.1) is 5.41 Å². The molecule has 1 aromatic rings. The Morgan fingerprint density at radius 1 is 1.00 bits per heavy atom. The van der Waals surface area contributed by atoms with E-state index in [2.05, 4.69) is 64.2 Å². The SMILES string of the molecule is CCC(C)(CNC)Cc1ccc(C(C)(C)C)cc1. The summed E-state index contributed by atoms with van der Waals surface area (Å²) in [7, 11) is 2.04. The minimum absolute atomic E-state index is 0.248. The van der Waals surface area contributed by atoms with Crippen molar-refractivity contribution in [3.8, 4) is 0 Å². The Hall–Kier alpha value is -0.820. The van der Waals surface area contributed by atoms with E-state index in [-0.39, 0.29) is 5.41 Å². The van der Waals surface area contributed by atoms with Gasteiger partial charge < -0.3 is 5.32 Å². The van der Waals surface area contributed by atoms with Crippen LogP contribution in [0.25, 0.3) is 0 Å². The van der Waals surface area contributed by atoms with Gasteiger partial charge >= 0.3 is 0 Å². The Bertz CT molecular complexity index is 358. The maximum atomic E-state index is 3.32. The first-order chi connectivity index (χ1) is 8.30. The molecule has 0 radical (unpaired) electrons. The highest BCUT2D eigenvalue weighted by Crippen LogP contribution is 2.27. The zero-order valence-electron chi connectivity index (χ0n) is 12.9. The van der Waals surface area contributed by atoms with E-state index in [1.807, 2.05) is 7.05 Å². The highest BCUT2D eigenvalue weighted by atomic mass is 14.8. The lowest BCUT2D eigenvalue weighted by Gasteiger charge is -2.28. The van der Waals surface area contributed by atoms with Crippen LogP contribution in [0.5, 0.6) is 0 Å². The highest BCUT2D eigenvalue weighted by molar-refractivity contribution is 5.28. The minimum Gasteiger partial charge on any atom is -0.319 e. The zero-order valence-corrected chi connectivity index (χ0v) is 12.9.